The SMILES string of the molecule is O=C(CO)c1ccc(Cl)cc1F. The minimum absolute atomic E-state index is 0.137. The van der Waals surface area contributed by atoms with Crippen molar-refractivity contribution in [1.82, 2.24) is 0 Å². The minimum Gasteiger partial charge on any atom is -0.388 e. The Morgan fingerprint density at radius 3 is 2.75 bits per heavy atom. The first-order valence-electron chi connectivity index (χ1n) is 3.24. The lowest BCUT2D eigenvalue weighted by atomic mass is 10.1. The summed E-state index contributed by atoms with van der Waals surface area (Å²) in [6, 6.07) is 3.67. The van der Waals surface area contributed by atoms with E-state index in [4.69, 9.17) is 16.7 Å². The van der Waals surface area contributed by atoms with E-state index in [2.05, 4.69) is 0 Å². The van der Waals surface area contributed by atoms with E-state index in [-0.39, 0.29) is 10.6 Å². The normalized spacial score (nSPS) is 9.92. The summed E-state index contributed by atoms with van der Waals surface area (Å²) in [6.45, 7) is -0.696. The smallest absolute Gasteiger partial charge is 0.191 e. The van der Waals surface area contributed by atoms with Gasteiger partial charge in [0.05, 0.1) is 5.56 Å². The first-order valence-corrected chi connectivity index (χ1v) is 3.62. The maximum Gasteiger partial charge on any atom is 0.191 e. The van der Waals surface area contributed by atoms with Crippen molar-refractivity contribution in [2.75, 3.05) is 6.61 Å². The predicted molar refractivity (Wildman–Crippen MR) is 42.8 cm³/mol. The third kappa shape index (κ3) is 1.81. The highest BCUT2D eigenvalue weighted by Gasteiger charge is 2.09. The Morgan fingerprint density at radius 2 is 2.25 bits per heavy atom. The number of rotatable bonds is 2. The maximum atomic E-state index is 12.9. The van der Waals surface area contributed by atoms with Crippen molar-refractivity contribution in [1.29, 1.82) is 0 Å². The van der Waals surface area contributed by atoms with Gasteiger partial charge in [0.25, 0.3) is 0 Å². The fourth-order valence-corrected chi connectivity index (χ4v) is 0.960. The largest absolute Gasteiger partial charge is 0.388 e. The Labute approximate surface area is 73.6 Å². The van der Waals surface area contributed by atoms with Gasteiger partial charge < -0.3 is 5.11 Å². The highest BCUT2D eigenvalue weighted by molar-refractivity contribution is 6.30. The monoisotopic (exact) mass is 188 g/mol. The molecule has 0 spiro atoms. The van der Waals surface area contributed by atoms with Crippen LogP contribution in [-0.4, -0.2) is 17.5 Å². The summed E-state index contributed by atoms with van der Waals surface area (Å²) in [5.74, 6) is -1.36. The fourth-order valence-electron chi connectivity index (χ4n) is 0.801. The molecular formula is C8H6ClFO2. The van der Waals surface area contributed by atoms with Crippen molar-refractivity contribution in [2.24, 2.45) is 0 Å². The van der Waals surface area contributed by atoms with Crippen LogP contribution in [0.3, 0.4) is 0 Å². The molecule has 0 saturated carbocycles. The van der Waals surface area contributed by atoms with Gasteiger partial charge in [-0.2, -0.15) is 0 Å². The molecule has 0 amide bonds. The standard InChI is InChI=1S/C8H6ClFO2/c9-5-1-2-6(7(10)3-5)8(12)4-11/h1-3,11H,4H2. The molecule has 0 atom stereocenters. The van der Waals surface area contributed by atoms with Crippen molar-refractivity contribution in [3.8, 4) is 0 Å². The van der Waals surface area contributed by atoms with Crippen LogP contribution in [0.4, 0.5) is 4.39 Å². The molecule has 0 aromatic heterocycles. The van der Waals surface area contributed by atoms with Gasteiger partial charge in [0.1, 0.15) is 12.4 Å². The van der Waals surface area contributed by atoms with Crippen LogP contribution in [0.2, 0.25) is 5.02 Å². The molecule has 0 radical (unpaired) electrons. The molecular weight excluding hydrogens is 183 g/mol. The highest BCUT2D eigenvalue weighted by Crippen LogP contribution is 2.14. The zero-order valence-electron chi connectivity index (χ0n) is 6.05. The number of aliphatic hydroxyl groups is 1. The van der Waals surface area contributed by atoms with E-state index >= 15 is 0 Å². The summed E-state index contributed by atoms with van der Waals surface area (Å²) in [5, 5.41) is 8.66. The van der Waals surface area contributed by atoms with Crippen molar-refractivity contribution in [3.63, 3.8) is 0 Å². The van der Waals surface area contributed by atoms with E-state index in [1.165, 1.54) is 12.1 Å². The lowest BCUT2D eigenvalue weighted by Crippen LogP contribution is -2.06. The van der Waals surface area contributed by atoms with Crippen molar-refractivity contribution >= 4 is 17.4 Å². The lowest BCUT2D eigenvalue weighted by Gasteiger charge is -1.98. The number of carbonyl (C=O) groups is 1. The molecule has 4 heteroatoms. The van der Waals surface area contributed by atoms with Gasteiger partial charge in [-0.1, -0.05) is 11.6 Å². The van der Waals surface area contributed by atoms with Crippen molar-refractivity contribution < 1.29 is 14.3 Å². The number of hydrogen-bond acceptors (Lipinski definition) is 2. The molecule has 1 N–H and O–H groups in total. The number of ketones is 1. The Morgan fingerprint density at radius 1 is 1.58 bits per heavy atom. The number of hydrogen-bond donors (Lipinski definition) is 1. The Hall–Kier alpha value is -0.930. The van der Waals surface area contributed by atoms with Crippen LogP contribution in [0.5, 0.6) is 0 Å². The number of benzene rings is 1. The van der Waals surface area contributed by atoms with Gasteiger partial charge in [0, 0.05) is 5.02 Å². The lowest BCUT2D eigenvalue weighted by molar-refractivity contribution is 0.0899. The molecule has 0 saturated heterocycles. The van der Waals surface area contributed by atoms with Gasteiger partial charge in [-0.05, 0) is 18.2 Å². The Balaban J connectivity index is 3.09. The third-order valence-electron chi connectivity index (χ3n) is 1.38. The molecule has 0 aliphatic heterocycles. The van der Waals surface area contributed by atoms with E-state index in [1.807, 2.05) is 0 Å². The zero-order chi connectivity index (χ0) is 9.14. The Bertz CT molecular complexity index is 312. The predicted octanol–water partition coefficient (Wildman–Crippen LogP) is 1.65. The van der Waals surface area contributed by atoms with Crippen LogP contribution in [0.15, 0.2) is 18.2 Å². The number of halogens is 2. The van der Waals surface area contributed by atoms with E-state index < -0.39 is 18.2 Å². The molecule has 1 rings (SSSR count). The molecule has 0 aliphatic carbocycles. The van der Waals surface area contributed by atoms with Gasteiger partial charge in [-0.25, -0.2) is 4.39 Å². The van der Waals surface area contributed by atoms with E-state index in [0.29, 0.717) is 0 Å². The summed E-state index contributed by atoms with van der Waals surface area (Å²) in [6.07, 6.45) is 0. The van der Waals surface area contributed by atoms with Crippen LogP contribution >= 0.6 is 11.6 Å². The first-order chi connectivity index (χ1) is 5.65. The topological polar surface area (TPSA) is 37.3 Å². The number of Topliss-reactive ketones (excluding diaryl/α,β-unsaturated/α-hetero) is 1. The number of carbonyl (C=O) groups excluding carboxylic acids is 1. The van der Waals surface area contributed by atoms with Gasteiger partial charge in [-0.15, -0.1) is 0 Å². The third-order valence-corrected chi connectivity index (χ3v) is 1.61. The van der Waals surface area contributed by atoms with Crippen LogP contribution in [0.25, 0.3) is 0 Å². The van der Waals surface area contributed by atoms with E-state index in [0.717, 1.165) is 6.07 Å². The van der Waals surface area contributed by atoms with Crippen LogP contribution in [0, 0.1) is 5.82 Å². The average Bonchev–Trinajstić information content (AvgIpc) is 2.03. The van der Waals surface area contributed by atoms with Crippen molar-refractivity contribution in [3.05, 3.63) is 34.6 Å². The van der Waals surface area contributed by atoms with E-state index in [1.54, 1.807) is 0 Å². The second-order valence-corrected chi connectivity index (χ2v) is 2.64. The highest BCUT2D eigenvalue weighted by atomic mass is 35.5. The molecule has 2 nitrogen and oxygen atoms in total. The fraction of sp³-hybridized carbons (Fsp3) is 0.125. The summed E-state index contributed by atoms with van der Waals surface area (Å²) in [5.41, 5.74) is -0.137. The quantitative estimate of drug-likeness (QED) is 0.717. The van der Waals surface area contributed by atoms with Gasteiger partial charge in [0.2, 0.25) is 0 Å². The molecule has 0 heterocycles. The van der Waals surface area contributed by atoms with Gasteiger partial charge in [0.15, 0.2) is 5.78 Å². The molecule has 1 aromatic rings. The second kappa shape index (κ2) is 3.65. The summed E-state index contributed by atoms with van der Waals surface area (Å²) in [7, 11) is 0. The molecule has 0 unspecified atom stereocenters. The van der Waals surface area contributed by atoms with Gasteiger partial charge in [-0.3, -0.25) is 4.79 Å². The summed E-state index contributed by atoms with van der Waals surface area (Å²) >= 11 is 5.45. The maximum absolute atomic E-state index is 12.9. The van der Waals surface area contributed by atoms with Crippen molar-refractivity contribution in [2.45, 2.75) is 0 Å². The minimum atomic E-state index is -0.707. The first kappa shape index (κ1) is 9.16. The molecule has 0 bridgehead atoms. The van der Waals surface area contributed by atoms with Crippen LogP contribution in [-0.2, 0) is 0 Å². The molecule has 12 heavy (non-hydrogen) atoms. The summed E-state index contributed by atoms with van der Waals surface area (Å²) < 4.78 is 12.9. The van der Waals surface area contributed by atoms with E-state index in [9.17, 15) is 9.18 Å². The van der Waals surface area contributed by atoms with Gasteiger partial charge >= 0.3 is 0 Å². The Kier molecular flexibility index (Phi) is 2.78. The summed E-state index contributed by atoms with van der Waals surface area (Å²) in [4.78, 5) is 10.8. The molecule has 1 aromatic carbocycles. The molecule has 64 valence electrons. The second-order valence-electron chi connectivity index (χ2n) is 2.21. The van der Waals surface area contributed by atoms with Crippen LogP contribution in [0.1, 0.15) is 10.4 Å². The molecule has 0 aliphatic rings. The molecule has 0 fully saturated rings. The zero-order valence-corrected chi connectivity index (χ0v) is 6.81. The van der Waals surface area contributed by atoms with Crippen LogP contribution < -0.4 is 0 Å². The average molecular weight is 189 g/mol. The number of aliphatic hydroxyl groups excluding tert-OH is 1.